The quantitative estimate of drug-likeness (QED) is 0.620. The van der Waals surface area contributed by atoms with Crippen LogP contribution in [-0.4, -0.2) is 35.9 Å². The van der Waals surface area contributed by atoms with Crippen LogP contribution in [0.25, 0.3) is 0 Å². The summed E-state index contributed by atoms with van der Waals surface area (Å²) in [4.78, 5) is 8.22. The molecule has 0 bridgehead atoms. The summed E-state index contributed by atoms with van der Waals surface area (Å²) < 4.78 is 39.9. The van der Waals surface area contributed by atoms with Crippen molar-refractivity contribution in [1.29, 1.82) is 0 Å². The fourth-order valence-corrected chi connectivity index (χ4v) is 1.53. The number of aromatic nitrogens is 2. The van der Waals surface area contributed by atoms with Crippen molar-refractivity contribution in [3.05, 3.63) is 17.0 Å². The van der Waals surface area contributed by atoms with E-state index in [0.717, 1.165) is 6.42 Å². The molecule has 4 nitrogen and oxygen atoms in total. The number of alkyl halides is 3. The summed E-state index contributed by atoms with van der Waals surface area (Å²) in [5.41, 5.74) is 0. The second-order valence-electron chi connectivity index (χ2n) is 3.84. The normalized spacial score (nSPS) is 11.6. The Morgan fingerprint density at radius 2 is 2.11 bits per heavy atom. The molecule has 8 heteroatoms. The van der Waals surface area contributed by atoms with Crippen molar-refractivity contribution in [2.45, 2.75) is 25.9 Å². The Labute approximate surface area is 114 Å². The molecule has 1 heterocycles. The Bertz CT molecular complexity index is 401. The first-order valence-electron chi connectivity index (χ1n) is 5.82. The molecule has 19 heavy (non-hydrogen) atoms. The third-order valence-electron chi connectivity index (χ3n) is 2.03. The molecule has 0 amide bonds. The first-order chi connectivity index (χ1) is 8.90. The maximum atomic E-state index is 11.8. The van der Waals surface area contributed by atoms with Gasteiger partial charge in [-0.1, -0.05) is 18.5 Å². The lowest BCUT2D eigenvalue weighted by molar-refractivity contribution is -0.172. The summed E-state index contributed by atoms with van der Waals surface area (Å²) in [6.45, 7) is 0.891. The van der Waals surface area contributed by atoms with E-state index < -0.39 is 12.8 Å². The smallest absolute Gasteiger partial charge is 0.370 e. The second kappa shape index (κ2) is 7.49. The molecule has 0 fully saturated rings. The molecule has 0 aliphatic carbocycles. The molecule has 1 aromatic rings. The van der Waals surface area contributed by atoms with Gasteiger partial charge in [0.1, 0.15) is 23.4 Å². The summed E-state index contributed by atoms with van der Waals surface area (Å²) in [7, 11) is 0. The summed E-state index contributed by atoms with van der Waals surface area (Å²) in [5.74, 6) is 1.09. The maximum Gasteiger partial charge on any atom is 0.411 e. The highest BCUT2D eigenvalue weighted by atomic mass is 35.5. The molecule has 108 valence electrons. The van der Waals surface area contributed by atoms with Crippen LogP contribution in [0.2, 0.25) is 5.15 Å². The van der Waals surface area contributed by atoms with Gasteiger partial charge in [0, 0.05) is 19.0 Å². The molecular weight excluding hydrogens is 283 g/mol. The molecule has 0 saturated carbocycles. The van der Waals surface area contributed by atoms with Crippen molar-refractivity contribution >= 4 is 17.4 Å². The first kappa shape index (κ1) is 16.0. The Kier molecular flexibility index (Phi) is 6.30. The zero-order chi connectivity index (χ0) is 14.3. The van der Waals surface area contributed by atoms with Crippen LogP contribution in [0.5, 0.6) is 0 Å². The van der Waals surface area contributed by atoms with E-state index in [9.17, 15) is 13.2 Å². The van der Waals surface area contributed by atoms with Crippen LogP contribution in [0.1, 0.15) is 19.2 Å². The average molecular weight is 298 g/mol. The van der Waals surface area contributed by atoms with Gasteiger partial charge in [-0.2, -0.15) is 13.2 Å². The lowest BCUT2D eigenvalue weighted by Crippen LogP contribution is -2.20. The van der Waals surface area contributed by atoms with Gasteiger partial charge in [-0.25, -0.2) is 9.97 Å². The first-order valence-corrected chi connectivity index (χ1v) is 6.20. The highest BCUT2D eigenvalue weighted by Crippen LogP contribution is 2.14. The minimum absolute atomic E-state index is 0.0652. The van der Waals surface area contributed by atoms with Gasteiger partial charge in [-0.05, 0) is 6.42 Å². The largest absolute Gasteiger partial charge is 0.411 e. The SMILES string of the molecule is CCCc1nc(Cl)cc(NCCOCC(F)(F)F)n1. The van der Waals surface area contributed by atoms with Crippen LogP contribution in [0.4, 0.5) is 19.0 Å². The van der Waals surface area contributed by atoms with Crippen molar-refractivity contribution in [3.63, 3.8) is 0 Å². The van der Waals surface area contributed by atoms with Crippen LogP contribution >= 0.6 is 11.6 Å². The number of aryl methyl sites for hydroxylation is 1. The third-order valence-corrected chi connectivity index (χ3v) is 2.23. The van der Waals surface area contributed by atoms with Gasteiger partial charge in [0.15, 0.2) is 0 Å². The Morgan fingerprint density at radius 1 is 1.37 bits per heavy atom. The Hall–Kier alpha value is -1.08. The highest BCUT2D eigenvalue weighted by molar-refractivity contribution is 6.29. The van der Waals surface area contributed by atoms with Gasteiger partial charge in [-0.3, -0.25) is 0 Å². The highest BCUT2D eigenvalue weighted by Gasteiger charge is 2.27. The van der Waals surface area contributed by atoms with E-state index in [1.165, 1.54) is 6.07 Å². The summed E-state index contributed by atoms with van der Waals surface area (Å²) in [6.07, 6.45) is -2.72. The van der Waals surface area contributed by atoms with E-state index >= 15 is 0 Å². The zero-order valence-corrected chi connectivity index (χ0v) is 11.2. The van der Waals surface area contributed by atoms with E-state index in [-0.39, 0.29) is 13.2 Å². The molecule has 0 aromatic carbocycles. The lowest BCUT2D eigenvalue weighted by Gasteiger charge is -2.09. The number of halogens is 4. The van der Waals surface area contributed by atoms with Gasteiger partial charge in [0.25, 0.3) is 0 Å². The number of hydrogen-bond donors (Lipinski definition) is 1. The van der Waals surface area contributed by atoms with E-state index in [1.54, 1.807) is 0 Å². The molecule has 1 rings (SSSR count). The molecule has 0 radical (unpaired) electrons. The van der Waals surface area contributed by atoms with Crippen molar-refractivity contribution in [3.8, 4) is 0 Å². The van der Waals surface area contributed by atoms with Gasteiger partial charge < -0.3 is 10.1 Å². The molecular formula is C11H15ClF3N3O. The van der Waals surface area contributed by atoms with Crippen LogP contribution in [0.3, 0.4) is 0 Å². The number of nitrogens with zero attached hydrogens (tertiary/aromatic N) is 2. The number of hydrogen-bond acceptors (Lipinski definition) is 4. The number of ether oxygens (including phenoxy) is 1. The van der Waals surface area contributed by atoms with Gasteiger partial charge in [-0.15, -0.1) is 0 Å². The maximum absolute atomic E-state index is 11.8. The average Bonchev–Trinajstić information content (AvgIpc) is 2.26. The standard InChI is InChI=1S/C11H15ClF3N3O/c1-2-3-9-17-8(12)6-10(18-9)16-4-5-19-7-11(13,14)15/h6H,2-5,7H2,1H3,(H,16,17,18). The Balaban J connectivity index is 2.36. The molecule has 1 aromatic heterocycles. The number of nitrogens with one attached hydrogen (secondary N) is 1. The monoisotopic (exact) mass is 297 g/mol. The Morgan fingerprint density at radius 3 is 2.74 bits per heavy atom. The van der Waals surface area contributed by atoms with Crippen LogP contribution in [0, 0.1) is 0 Å². The van der Waals surface area contributed by atoms with Gasteiger partial charge in [0.2, 0.25) is 0 Å². The number of rotatable bonds is 7. The molecule has 0 atom stereocenters. The predicted octanol–water partition coefficient (Wildman–Crippen LogP) is 3.07. The topological polar surface area (TPSA) is 47.0 Å². The molecule has 0 unspecified atom stereocenters. The molecule has 1 N–H and O–H groups in total. The van der Waals surface area contributed by atoms with Crippen molar-refractivity contribution in [1.82, 2.24) is 9.97 Å². The minimum atomic E-state index is -4.30. The van der Waals surface area contributed by atoms with Gasteiger partial charge >= 0.3 is 6.18 Å². The number of anilines is 1. The van der Waals surface area contributed by atoms with Gasteiger partial charge in [0.05, 0.1) is 6.61 Å². The minimum Gasteiger partial charge on any atom is -0.370 e. The lowest BCUT2D eigenvalue weighted by atomic mass is 10.3. The molecule has 0 saturated heterocycles. The second-order valence-corrected chi connectivity index (χ2v) is 4.22. The summed E-state index contributed by atoms with van der Waals surface area (Å²) in [5, 5.41) is 3.15. The van der Waals surface area contributed by atoms with E-state index in [0.29, 0.717) is 23.2 Å². The molecule has 0 aliphatic rings. The molecule has 0 aliphatic heterocycles. The van der Waals surface area contributed by atoms with Crippen LogP contribution in [-0.2, 0) is 11.2 Å². The van der Waals surface area contributed by atoms with Crippen LogP contribution in [0.15, 0.2) is 6.07 Å². The summed E-state index contributed by atoms with van der Waals surface area (Å²) >= 11 is 5.81. The van der Waals surface area contributed by atoms with Crippen LogP contribution < -0.4 is 5.32 Å². The summed E-state index contributed by atoms with van der Waals surface area (Å²) in [6, 6.07) is 1.52. The molecule has 0 spiro atoms. The van der Waals surface area contributed by atoms with Crippen molar-refractivity contribution < 1.29 is 17.9 Å². The fourth-order valence-electron chi connectivity index (χ4n) is 1.33. The predicted molar refractivity (Wildman–Crippen MR) is 66.4 cm³/mol. The van der Waals surface area contributed by atoms with Crippen molar-refractivity contribution in [2.24, 2.45) is 0 Å². The fraction of sp³-hybridized carbons (Fsp3) is 0.636. The third kappa shape index (κ3) is 7.17. The zero-order valence-electron chi connectivity index (χ0n) is 10.4. The van der Waals surface area contributed by atoms with E-state index in [1.807, 2.05) is 6.92 Å². The van der Waals surface area contributed by atoms with E-state index in [2.05, 4.69) is 20.0 Å². The van der Waals surface area contributed by atoms with E-state index in [4.69, 9.17) is 11.6 Å². The van der Waals surface area contributed by atoms with Crippen molar-refractivity contribution in [2.75, 3.05) is 25.1 Å².